The number of carboxylic acids is 1. The molecule has 0 aliphatic heterocycles. The van der Waals surface area contributed by atoms with Crippen LogP contribution in [-0.2, 0) is 9.59 Å². The molecule has 0 aliphatic rings. The van der Waals surface area contributed by atoms with Gasteiger partial charge in [-0.25, -0.2) is 9.78 Å². The number of carbonyl (C=O) groups excluding carboxylic acids is 2. The molecule has 2 amide bonds. The number of hydrogen-bond donors (Lipinski definition) is 3. The number of aliphatic carboxylic acids is 1. The molecule has 1 heterocycles. The Balaban J connectivity index is 2.50. The summed E-state index contributed by atoms with van der Waals surface area (Å²) in [6, 6.07) is -0.953. The number of aromatic nitrogens is 1. The van der Waals surface area contributed by atoms with Gasteiger partial charge in [0.1, 0.15) is 11.7 Å². The SMILES string of the molecule is CC(C)C[C@H](NC(=O)CNC(=O)c1csc(C(C)C)n1)C(=O)O. The number of carboxylic acid groups (broad SMARTS) is 1. The van der Waals surface area contributed by atoms with Crippen LogP contribution in [0.4, 0.5) is 0 Å². The second-order valence-electron chi connectivity index (χ2n) is 6.00. The minimum Gasteiger partial charge on any atom is -0.480 e. The van der Waals surface area contributed by atoms with E-state index in [-0.39, 0.29) is 24.1 Å². The minimum absolute atomic E-state index is 0.135. The second-order valence-corrected chi connectivity index (χ2v) is 6.89. The van der Waals surface area contributed by atoms with Crippen molar-refractivity contribution in [3.05, 3.63) is 16.1 Å². The lowest BCUT2D eigenvalue weighted by Gasteiger charge is -2.16. The number of rotatable bonds is 8. The van der Waals surface area contributed by atoms with Crippen molar-refractivity contribution in [1.29, 1.82) is 0 Å². The quantitative estimate of drug-likeness (QED) is 0.666. The summed E-state index contributed by atoms with van der Waals surface area (Å²) in [6.07, 6.45) is 0.332. The summed E-state index contributed by atoms with van der Waals surface area (Å²) in [6.45, 7) is 7.43. The molecule has 7 nitrogen and oxygen atoms in total. The zero-order chi connectivity index (χ0) is 17.6. The maximum atomic E-state index is 11.9. The van der Waals surface area contributed by atoms with Crippen molar-refractivity contribution in [1.82, 2.24) is 15.6 Å². The lowest BCUT2D eigenvalue weighted by atomic mass is 10.0. The first-order chi connectivity index (χ1) is 10.7. The highest BCUT2D eigenvalue weighted by Crippen LogP contribution is 2.18. The third-order valence-corrected chi connectivity index (χ3v) is 4.14. The van der Waals surface area contributed by atoms with Gasteiger partial charge in [-0.2, -0.15) is 0 Å². The van der Waals surface area contributed by atoms with E-state index in [2.05, 4.69) is 15.6 Å². The maximum Gasteiger partial charge on any atom is 0.326 e. The Bertz CT molecular complexity index is 569. The molecule has 3 N–H and O–H groups in total. The summed E-state index contributed by atoms with van der Waals surface area (Å²) in [5.74, 6) is -1.70. The molecule has 0 radical (unpaired) electrons. The van der Waals surface area contributed by atoms with Crippen molar-refractivity contribution in [2.24, 2.45) is 5.92 Å². The Morgan fingerprint density at radius 1 is 1.26 bits per heavy atom. The van der Waals surface area contributed by atoms with E-state index >= 15 is 0 Å². The largest absolute Gasteiger partial charge is 0.480 e. The normalized spacial score (nSPS) is 12.3. The molecule has 0 saturated carbocycles. The highest BCUT2D eigenvalue weighted by molar-refractivity contribution is 7.09. The predicted octanol–water partition coefficient (Wildman–Crippen LogP) is 1.61. The molecular weight excluding hydrogens is 318 g/mol. The average molecular weight is 341 g/mol. The molecule has 0 bridgehead atoms. The Morgan fingerprint density at radius 2 is 1.91 bits per heavy atom. The highest BCUT2D eigenvalue weighted by Gasteiger charge is 2.21. The molecule has 0 spiro atoms. The molecule has 0 fully saturated rings. The fourth-order valence-electron chi connectivity index (χ4n) is 1.85. The highest BCUT2D eigenvalue weighted by atomic mass is 32.1. The monoisotopic (exact) mass is 341 g/mol. The maximum absolute atomic E-state index is 11.9. The van der Waals surface area contributed by atoms with Crippen LogP contribution in [0.3, 0.4) is 0 Å². The van der Waals surface area contributed by atoms with Crippen molar-refractivity contribution < 1.29 is 19.5 Å². The molecule has 0 saturated heterocycles. The Labute approximate surface area is 139 Å². The van der Waals surface area contributed by atoms with Crippen LogP contribution in [0.25, 0.3) is 0 Å². The van der Waals surface area contributed by atoms with Crippen molar-refractivity contribution in [3.8, 4) is 0 Å². The van der Waals surface area contributed by atoms with Gasteiger partial charge < -0.3 is 15.7 Å². The Morgan fingerprint density at radius 3 is 2.39 bits per heavy atom. The van der Waals surface area contributed by atoms with E-state index in [1.54, 1.807) is 5.38 Å². The fraction of sp³-hybridized carbons (Fsp3) is 0.600. The van der Waals surface area contributed by atoms with Crippen molar-refractivity contribution in [2.45, 2.75) is 46.1 Å². The van der Waals surface area contributed by atoms with E-state index in [1.807, 2.05) is 27.7 Å². The van der Waals surface area contributed by atoms with E-state index in [0.717, 1.165) is 5.01 Å². The Kier molecular flexibility index (Phi) is 7.15. The molecule has 0 aliphatic carbocycles. The number of carbonyl (C=O) groups is 3. The number of nitrogens with one attached hydrogen (secondary N) is 2. The molecule has 1 aromatic rings. The lowest BCUT2D eigenvalue weighted by molar-refractivity contribution is -0.142. The summed E-state index contributed by atoms with van der Waals surface area (Å²) in [4.78, 5) is 39.0. The van der Waals surface area contributed by atoms with Crippen LogP contribution >= 0.6 is 11.3 Å². The number of hydrogen-bond acceptors (Lipinski definition) is 5. The number of nitrogens with zero attached hydrogens (tertiary/aromatic N) is 1. The third kappa shape index (κ3) is 6.35. The van der Waals surface area contributed by atoms with Crippen molar-refractivity contribution in [2.75, 3.05) is 6.54 Å². The summed E-state index contributed by atoms with van der Waals surface area (Å²) in [5.41, 5.74) is 0.267. The van der Waals surface area contributed by atoms with E-state index in [0.29, 0.717) is 6.42 Å². The molecule has 1 atom stereocenters. The van der Waals surface area contributed by atoms with E-state index in [9.17, 15) is 14.4 Å². The van der Waals surface area contributed by atoms with Gasteiger partial charge in [-0.3, -0.25) is 9.59 Å². The topological polar surface area (TPSA) is 108 Å². The smallest absolute Gasteiger partial charge is 0.326 e. The van der Waals surface area contributed by atoms with Gasteiger partial charge in [-0.05, 0) is 12.3 Å². The molecule has 1 aromatic heterocycles. The minimum atomic E-state index is -1.08. The van der Waals surface area contributed by atoms with Crippen molar-refractivity contribution >= 4 is 29.1 Å². The first-order valence-corrected chi connectivity index (χ1v) is 8.34. The fourth-order valence-corrected chi connectivity index (χ4v) is 2.66. The molecular formula is C15H23N3O4S. The lowest BCUT2D eigenvalue weighted by Crippen LogP contribution is -2.46. The Hall–Kier alpha value is -1.96. The van der Waals surface area contributed by atoms with Crippen molar-refractivity contribution in [3.63, 3.8) is 0 Å². The average Bonchev–Trinajstić information content (AvgIpc) is 2.93. The van der Waals surface area contributed by atoms with Gasteiger partial charge in [0, 0.05) is 11.3 Å². The molecule has 23 heavy (non-hydrogen) atoms. The standard InChI is InChI=1S/C15H23N3O4S/c1-8(2)5-10(15(21)22)17-12(19)6-16-13(20)11-7-23-14(18-11)9(3)4/h7-10H,5-6H2,1-4H3,(H,16,20)(H,17,19)(H,21,22)/t10-/m0/s1. The van der Waals surface area contributed by atoms with Crippen LogP contribution in [-0.4, -0.2) is 40.5 Å². The zero-order valence-electron chi connectivity index (χ0n) is 13.8. The third-order valence-electron chi connectivity index (χ3n) is 3.00. The van der Waals surface area contributed by atoms with Gasteiger partial charge in [0.25, 0.3) is 5.91 Å². The summed E-state index contributed by atoms with van der Waals surface area (Å²) in [5, 5.41) is 16.4. The van der Waals surface area contributed by atoms with E-state index in [1.165, 1.54) is 11.3 Å². The van der Waals surface area contributed by atoms with Crippen LogP contribution in [0.1, 0.15) is 55.5 Å². The molecule has 1 rings (SSSR count). The zero-order valence-corrected chi connectivity index (χ0v) is 14.6. The number of thiazole rings is 1. The molecule has 8 heteroatoms. The first-order valence-electron chi connectivity index (χ1n) is 7.46. The predicted molar refractivity (Wildman–Crippen MR) is 87.6 cm³/mol. The van der Waals surface area contributed by atoms with Gasteiger partial charge in [0.05, 0.1) is 11.6 Å². The van der Waals surface area contributed by atoms with Crippen LogP contribution in [0.5, 0.6) is 0 Å². The van der Waals surface area contributed by atoms with Crippen LogP contribution in [0.2, 0.25) is 0 Å². The van der Waals surface area contributed by atoms with Gasteiger partial charge in [0.15, 0.2) is 0 Å². The van der Waals surface area contributed by atoms with Gasteiger partial charge in [-0.15, -0.1) is 11.3 Å². The van der Waals surface area contributed by atoms with E-state index in [4.69, 9.17) is 5.11 Å². The van der Waals surface area contributed by atoms with E-state index < -0.39 is 23.8 Å². The second kappa shape index (κ2) is 8.61. The van der Waals surface area contributed by atoms with Crippen LogP contribution in [0.15, 0.2) is 5.38 Å². The molecule has 0 unspecified atom stereocenters. The van der Waals surface area contributed by atoms with Crippen LogP contribution < -0.4 is 10.6 Å². The van der Waals surface area contributed by atoms with Gasteiger partial charge in [-0.1, -0.05) is 27.7 Å². The molecule has 0 aromatic carbocycles. The summed E-state index contributed by atoms with van der Waals surface area (Å²) < 4.78 is 0. The van der Waals surface area contributed by atoms with Gasteiger partial charge >= 0.3 is 5.97 Å². The summed E-state index contributed by atoms with van der Waals surface area (Å²) >= 11 is 1.39. The first kappa shape index (κ1) is 19.1. The summed E-state index contributed by atoms with van der Waals surface area (Å²) in [7, 11) is 0. The molecule has 128 valence electrons. The number of amides is 2. The van der Waals surface area contributed by atoms with Crippen LogP contribution in [0, 0.1) is 5.92 Å². The van der Waals surface area contributed by atoms with Gasteiger partial charge in [0.2, 0.25) is 5.91 Å².